The lowest BCUT2D eigenvalue weighted by molar-refractivity contribution is 0.576. The third-order valence-electron chi connectivity index (χ3n) is 4.21. The van der Waals surface area contributed by atoms with Crippen molar-refractivity contribution in [1.29, 1.82) is 0 Å². The van der Waals surface area contributed by atoms with Crippen molar-refractivity contribution in [2.45, 2.75) is 52.5 Å². The van der Waals surface area contributed by atoms with E-state index >= 15 is 0 Å². The SMILES string of the molecule is Cc1ccc(-c2nc(C3CC3)n(C(C)C)c2N)cc1C. The third-order valence-corrected chi connectivity index (χ3v) is 4.21. The first-order chi connectivity index (χ1) is 9.49. The number of aromatic nitrogens is 2. The first-order valence-corrected chi connectivity index (χ1v) is 7.44. The summed E-state index contributed by atoms with van der Waals surface area (Å²) in [6.45, 7) is 8.61. The van der Waals surface area contributed by atoms with Gasteiger partial charge in [-0.3, -0.25) is 0 Å². The molecule has 1 aromatic carbocycles. The van der Waals surface area contributed by atoms with Crippen LogP contribution in [0.15, 0.2) is 18.2 Å². The number of nitrogens with zero attached hydrogens (tertiary/aromatic N) is 2. The number of imidazole rings is 1. The summed E-state index contributed by atoms with van der Waals surface area (Å²) < 4.78 is 2.21. The molecule has 3 nitrogen and oxygen atoms in total. The van der Waals surface area contributed by atoms with Gasteiger partial charge in [-0.25, -0.2) is 4.98 Å². The van der Waals surface area contributed by atoms with Gasteiger partial charge in [0.05, 0.1) is 0 Å². The molecule has 0 atom stereocenters. The van der Waals surface area contributed by atoms with Crippen LogP contribution in [0, 0.1) is 13.8 Å². The molecule has 20 heavy (non-hydrogen) atoms. The Morgan fingerprint density at radius 2 is 1.90 bits per heavy atom. The summed E-state index contributed by atoms with van der Waals surface area (Å²) in [6, 6.07) is 6.82. The molecule has 106 valence electrons. The van der Waals surface area contributed by atoms with Crippen molar-refractivity contribution in [1.82, 2.24) is 9.55 Å². The second-order valence-electron chi connectivity index (χ2n) is 6.24. The van der Waals surface area contributed by atoms with Crippen molar-refractivity contribution in [2.24, 2.45) is 0 Å². The summed E-state index contributed by atoms with van der Waals surface area (Å²) >= 11 is 0. The quantitative estimate of drug-likeness (QED) is 0.907. The van der Waals surface area contributed by atoms with Gasteiger partial charge in [-0.1, -0.05) is 12.1 Å². The number of aryl methyl sites for hydroxylation is 2. The second-order valence-corrected chi connectivity index (χ2v) is 6.24. The number of benzene rings is 1. The summed E-state index contributed by atoms with van der Waals surface area (Å²) in [4.78, 5) is 4.87. The topological polar surface area (TPSA) is 43.8 Å². The van der Waals surface area contributed by atoms with Crippen LogP contribution in [0.1, 0.15) is 55.6 Å². The Morgan fingerprint density at radius 3 is 2.45 bits per heavy atom. The average molecular weight is 269 g/mol. The van der Waals surface area contributed by atoms with Crippen molar-refractivity contribution in [2.75, 3.05) is 5.73 Å². The van der Waals surface area contributed by atoms with Gasteiger partial charge < -0.3 is 10.3 Å². The van der Waals surface area contributed by atoms with Gasteiger partial charge in [0.25, 0.3) is 0 Å². The second kappa shape index (κ2) is 4.65. The maximum absolute atomic E-state index is 6.39. The molecule has 0 aliphatic heterocycles. The highest BCUT2D eigenvalue weighted by atomic mass is 15.2. The van der Waals surface area contributed by atoms with E-state index in [9.17, 15) is 0 Å². The maximum Gasteiger partial charge on any atom is 0.131 e. The summed E-state index contributed by atoms with van der Waals surface area (Å²) in [5, 5.41) is 0. The number of hydrogen-bond donors (Lipinski definition) is 1. The molecule has 0 unspecified atom stereocenters. The highest BCUT2D eigenvalue weighted by molar-refractivity contribution is 5.72. The lowest BCUT2D eigenvalue weighted by atomic mass is 10.0. The lowest BCUT2D eigenvalue weighted by Gasteiger charge is -2.13. The average Bonchev–Trinajstić information content (AvgIpc) is 3.16. The predicted octanol–water partition coefficient (Wildman–Crippen LogP) is 4.21. The number of nitrogen functional groups attached to an aromatic ring is 1. The standard InChI is InChI=1S/C17H23N3/c1-10(2)20-16(18)15(19-17(20)13-7-8-13)14-6-5-11(3)12(4)9-14/h5-6,9-10,13H,7-8,18H2,1-4H3. The van der Waals surface area contributed by atoms with Crippen molar-refractivity contribution < 1.29 is 0 Å². The fourth-order valence-electron chi connectivity index (χ4n) is 2.74. The van der Waals surface area contributed by atoms with Crippen molar-refractivity contribution >= 4 is 5.82 Å². The highest BCUT2D eigenvalue weighted by Gasteiger charge is 2.31. The summed E-state index contributed by atoms with van der Waals surface area (Å²) in [6.07, 6.45) is 2.49. The Bertz CT molecular complexity index is 648. The Kier molecular flexibility index (Phi) is 3.08. The fraction of sp³-hybridized carbons (Fsp3) is 0.471. The van der Waals surface area contributed by atoms with Crippen LogP contribution in [0.5, 0.6) is 0 Å². The van der Waals surface area contributed by atoms with E-state index in [0.717, 1.165) is 17.1 Å². The summed E-state index contributed by atoms with van der Waals surface area (Å²) in [5.74, 6) is 2.59. The van der Waals surface area contributed by atoms with Gasteiger partial charge in [0, 0.05) is 17.5 Å². The van der Waals surface area contributed by atoms with E-state index in [2.05, 4.69) is 50.5 Å². The number of anilines is 1. The van der Waals surface area contributed by atoms with E-state index in [0.29, 0.717) is 12.0 Å². The molecular weight excluding hydrogens is 246 g/mol. The zero-order chi connectivity index (χ0) is 14.4. The first-order valence-electron chi connectivity index (χ1n) is 7.44. The molecule has 1 aromatic heterocycles. The van der Waals surface area contributed by atoms with Gasteiger partial charge in [0.15, 0.2) is 0 Å². The molecule has 1 aliphatic carbocycles. The number of hydrogen-bond acceptors (Lipinski definition) is 2. The minimum absolute atomic E-state index is 0.360. The molecule has 1 aliphatic rings. The monoisotopic (exact) mass is 269 g/mol. The normalized spacial score (nSPS) is 15.1. The van der Waals surface area contributed by atoms with Gasteiger partial charge in [0.2, 0.25) is 0 Å². The number of rotatable bonds is 3. The Balaban J connectivity index is 2.13. The van der Waals surface area contributed by atoms with Gasteiger partial charge in [-0.2, -0.15) is 0 Å². The highest BCUT2D eigenvalue weighted by Crippen LogP contribution is 2.43. The van der Waals surface area contributed by atoms with Crippen LogP contribution < -0.4 is 5.73 Å². The first kappa shape index (κ1) is 13.2. The molecule has 1 heterocycles. The third kappa shape index (κ3) is 2.11. The van der Waals surface area contributed by atoms with E-state index in [1.54, 1.807) is 0 Å². The van der Waals surface area contributed by atoms with Crippen LogP contribution in [0.2, 0.25) is 0 Å². The van der Waals surface area contributed by atoms with Crippen LogP contribution in [0.4, 0.5) is 5.82 Å². The summed E-state index contributed by atoms with van der Waals surface area (Å²) in [7, 11) is 0. The molecule has 0 amide bonds. The zero-order valence-corrected chi connectivity index (χ0v) is 12.8. The smallest absolute Gasteiger partial charge is 0.131 e. The van der Waals surface area contributed by atoms with Crippen LogP contribution in [0.3, 0.4) is 0 Å². The van der Waals surface area contributed by atoms with Crippen LogP contribution in [-0.4, -0.2) is 9.55 Å². The van der Waals surface area contributed by atoms with Crippen molar-refractivity contribution in [3.05, 3.63) is 35.2 Å². The van der Waals surface area contributed by atoms with E-state index < -0.39 is 0 Å². The molecule has 0 radical (unpaired) electrons. The van der Waals surface area contributed by atoms with E-state index in [-0.39, 0.29) is 0 Å². The van der Waals surface area contributed by atoms with Gasteiger partial charge in [-0.05, 0) is 57.7 Å². The van der Waals surface area contributed by atoms with Crippen LogP contribution in [-0.2, 0) is 0 Å². The van der Waals surface area contributed by atoms with E-state index in [1.165, 1.54) is 29.8 Å². The molecule has 0 bridgehead atoms. The molecule has 1 fully saturated rings. The Morgan fingerprint density at radius 1 is 1.20 bits per heavy atom. The minimum Gasteiger partial charge on any atom is -0.383 e. The largest absolute Gasteiger partial charge is 0.383 e. The Labute approximate surface area is 120 Å². The van der Waals surface area contributed by atoms with E-state index in [4.69, 9.17) is 10.7 Å². The van der Waals surface area contributed by atoms with Crippen LogP contribution >= 0.6 is 0 Å². The molecule has 3 rings (SSSR count). The Hall–Kier alpha value is -1.77. The molecule has 0 saturated heterocycles. The van der Waals surface area contributed by atoms with Crippen LogP contribution in [0.25, 0.3) is 11.3 Å². The molecule has 1 saturated carbocycles. The fourth-order valence-corrected chi connectivity index (χ4v) is 2.74. The number of nitrogens with two attached hydrogens (primary N) is 1. The van der Waals surface area contributed by atoms with Crippen molar-refractivity contribution in [3.8, 4) is 11.3 Å². The van der Waals surface area contributed by atoms with Gasteiger partial charge in [-0.15, -0.1) is 0 Å². The molecule has 0 spiro atoms. The molecule has 2 aromatic rings. The molecular formula is C17H23N3. The maximum atomic E-state index is 6.39. The van der Waals surface area contributed by atoms with Crippen molar-refractivity contribution in [3.63, 3.8) is 0 Å². The predicted molar refractivity (Wildman–Crippen MR) is 83.9 cm³/mol. The minimum atomic E-state index is 0.360. The zero-order valence-electron chi connectivity index (χ0n) is 12.8. The van der Waals surface area contributed by atoms with E-state index in [1.807, 2.05) is 0 Å². The summed E-state index contributed by atoms with van der Waals surface area (Å²) in [5.41, 5.74) is 11.1. The lowest BCUT2D eigenvalue weighted by Crippen LogP contribution is -2.08. The molecule has 2 N–H and O–H groups in total. The van der Waals surface area contributed by atoms with Gasteiger partial charge >= 0.3 is 0 Å². The van der Waals surface area contributed by atoms with Gasteiger partial charge in [0.1, 0.15) is 17.3 Å². The molecule has 3 heteroatoms.